The molecule has 0 bridgehead atoms. The summed E-state index contributed by atoms with van der Waals surface area (Å²) < 4.78 is 13.9. The van der Waals surface area contributed by atoms with Crippen LogP contribution in [0.15, 0.2) is 23.2 Å². The Balaban J connectivity index is 0.00000242. The number of halogens is 3. The lowest BCUT2D eigenvalue weighted by Gasteiger charge is -2.21. The summed E-state index contributed by atoms with van der Waals surface area (Å²) >= 11 is 6.11. The van der Waals surface area contributed by atoms with Crippen LogP contribution in [-0.4, -0.2) is 25.1 Å². The van der Waals surface area contributed by atoms with E-state index in [1.54, 1.807) is 19.2 Å². The van der Waals surface area contributed by atoms with Gasteiger partial charge in [-0.25, -0.2) is 4.39 Å². The molecule has 0 amide bonds. The maximum absolute atomic E-state index is 13.9. The minimum absolute atomic E-state index is 0. The molecule has 1 saturated carbocycles. The Labute approximate surface area is 154 Å². The second-order valence-electron chi connectivity index (χ2n) is 5.98. The molecule has 1 aromatic rings. The predicted octanol–water partition coefficient (Wildman–Crippen LogP) is 4.16. The fourth-order valence-corrected chi connectivity index (χ4v) is 2.57. The van der Waals surface area contributed by atoms with Gasteiger partial charge in [0.25, 0.3) is 0 Å². The summed E-state index contributed by atoms with van der Waals surface area (Å²) in [4.78, 5) is 4.23. The number of nitrogens with one attached hydrogen (secondary N) is 2. The van der Waals surface area contributed by atoms with Gasteiger partial charge in [0.05, 0.1) is 0 Å². The minimum atomic E-state index is -0.227. The molecule has 1 fully saturated rings. The molecule has 0 aliphatic heterocycles. The highest BCUT2D eigenvalue weighted by atomic mass is 127. The molecule has 0 saturated heterocycles. The summed E-state index contributed by atoms with van der Waals surface area (Å²) in [5, 5.41) is 7.20. The molecule has 1 aromatic carbocycles. The van der Waals surface area contributed by atoms with Crippen molar-refractivity contribution in [3.63, 3.8) is 0 Å². The normalized spacial score (nSPS) is 22.0. The Morgan fingerprint density at radius 3 is 2.59 bits per heavy atom. The summed E-state index contributed by atoms with van der Waals surface area (Å²) in [6, 6.07) is 5.35. The van der Waals surface area contributed by atoms with Crippen LogP contribution in [-0.2, 0) is 0 Å². The fourth-order valence-electron chi connectivity index (χ4n) is 2.27. The van der Waals surface area contributed by atoms with Gasteiger partial charge in [-0.05, 0) is 31.4 Å². The van der Waals surface area contributed by atoms with Crippen molar-refractivity contribution in [2.24, 2.45) is 10.9 Å². The van der Waals surface area contributed by atoms with Crippen LogP contribution in [0.3, 0.4) is 0 Å². The fraction of sp³-hybridized carbons (Fsp3) is 0.562. The zero-order valence-electron chi connectivity index (χ0n) is 13.4. The predicted molar refractivity (Wildman–Crippen MR) is 102 cm³/mol. The molecule has 124 valence electrons. The Hall–Kier alpha value is -0.560. The van der Waals surface area contributed by atoms with Crippen molar-refractivity contribution < 1.29 is 4.39 Å². The van der Waals surface area contributed by atoms with E-state index in [2.05, 4.69) is 36.4 Å². The molecule has 3 unspecified atom stereocenters. The first-order valence-corrected chi connectivity index (χ1v) is 7.75. The Morgan fingerprint density at radius 2 is 2.05 bits per heavy atom. The van der Waals surface area contributed by atoms with Gasteiger partial charge in [-0.3, -0.25) is 4.99 Å². The Bertz CT molecular complexity index is 516. The molecule has 3 nitrogen and oxygen atoms in total. The zero-order valence-corrected chi connectivity index (χ0v) is 16.4. The van der Waals surface area contributed by atoms with Crippen LogP contribution in [0, 0.1) is 11.7 Å². The van der Waals surface area contributed by atoms with Crippen LogP contribution >= 0.6 is 35.6 Å². The summed E-state index contributed by atoms with van der Waals surface area (Å²) in [5.74, 6) is 1.16. The third-order valence-corrected chi connectivity index (χ3v) is 4.40. The van der Waals surface area contributed by atoms with E-state index in [0.717, 1.165) is 12.4 Å². The highest BCUT2D eigenvalue weighted by Gasteiger charge is 2.42. The molecule has 0 radical (unpaired) electrons. The molecule has 2 rings (SSSR count). The molecule has 22 heavy (non-hydrogen) atoms. The van der Waals surface area contributed by atoms with E-state index in [9.17, 15) is 4.39 Å². The maximum atomic E-state index is 13.9. The Kier molecular flexibility index (Phi) is 7.38. The van der Waals surface area contributed by atoms with Gasteiger partial charge in [-0.1, -0.05) is 31.5 Å². The lowest BCUT2D eigenvalue weighted by Crippen LogP contribution is -2.45. The number of hydrogen-bond acceptors (Lipinski definition) is 1. The molecule has 0 aromatic heterocycles. The Morgan fingerprint density at radius 1 is 1.36 bits per heavy atom. The standard InChI is InChI=1S/C16H23ClFN3.HI/c1-9(2)10(3)20-16(19-4)21-14-8-11(14)15-12(17)6-5-7-13(15)18;/h5-7,9-11,14H,8H2,1-4H3,(H2,19,20,21);1H. The van der Waals surface area contributed by atoms with Gasteiger partial charge in [0.1, 0.15) is 5.82 Å². The SMILES string of the molecule is CN=C(NC(C)C(C)C)NC1CC1c1c(F)cccc1Cl.I. The molecule has 6 heteroatoms. The molecule has 2 N–H and O–H groups in total. The van der Waals surface area contributed by atoms with Crippen molar-refractivity contribution in [1.82, 2.24) is 10.6 Å². The van der Waals surface area contributed by atoms with E-state index in [4.69, 9.17) is 11.6 Å². The maximum Gasteiger partial charge on any atom is 0.191 e. The summed E-state index contributed by atoms with van der Waals surface area (Å²) in [6.07, 6.45) is 0.872. The van der Waals surface area contributed by atoms with Crippen LogP contribution < -0.4 is 10.6 Å². The van der Waals surface area contributed by atoms with Crippen molar-refractivity contribution in [2.45, 2.75) is 45.2 Å². The summed E-state index contributed by atoms with van der Waals surface area (Å²) in [7, 11) is 1.75. The average molecular weight is 440 g/mol. The topological polar surface area (TPSA) is 36.4 Å². The third-order valence-electron chi connectivity index (χ3n) is 4.07. The zero-order chi connectivity index (χ0) is 15.6. The second kappa shape index (κ2) is 8.34. The lowest BCUT2D eigenvalue weighted by molar-refractivity contribution is 0.480. The van der Waals surface area contributed by atoms with Crippen LogP contribution in [0.2, 0.25) is 5.02 Å². The van der Waals surface area contributed by atoms with Crippen LogP contribution in [0.4, 0.5) is 4.39 Å². The van der Waals surface area contributed by atoms with Crippen molar-refractivity contribution in [2.75, 3.05) is 7.05 Å². The molecular formula is C16H24ClFIN3. The number of nitrogens with zero attached hydrogens (tertiary/aromatic N) is 1. The largest absolute Gasteiger partial charge is 0.354 e. The molecule has 3 atom stereocenters. The molecule has 0 heterocycles. The van der Waals surface area contributed by atoms with Gasteiger partial charge in [-0.2, -0.15) is 0 Å². The van der Waals surface area contributed by atoms with E-state index in [-0.39, 0.29) is 41.8 Å². The van der Waals surface area contributed by atoms with E-state index in [1.807, 2.05) is 0 Å². The molecule has 1 aliphatic rings. The van der Waals surface area contributed by atoms with Gasteiger partial charge in [0.15, 0.2) is 5.96 Å². The molecular weight excluding hydrogens is 416 g/mol. The van der Waals surface area contributed by atoms with Crippen molar-refractivity contribution in [1.29, 1.82) is 0 Å². The minimum Gasteiger partial charge on any atom is -0.354 e. The first-order valence-electron chi connectivity index (χ1n) is 7.37. The number of hydrogen-bond donors (Lipinski definition) is 2. The number of guanidine groups is 1. The van der Waals surface area contributed by atoms with Gasteiger partial charge in [-0.15, -0.1) is 24.0 Å². The van der Waals surface area contributed by atoms with Gasteiger partial charge < -0.3 is 10.6 Å². The first kappa shape index (κ1) is 19.5. The number of benzene rings is 1. The van der Waals surface area contributed by atoms with E-state index in [0.29, 0.717) is 22.5 Å². The van der Waals surface area contributed by atoms with Gasteiger partial charge in [0, 0.05) is 35.6 Å². The lowest BCUT2D eigenvalue weighted by atomic mass is 10.1. The van der Waals surface area contributed by atoms with Crippen LogP contribution in [0.25, 0.3) is 0 Å². The van der Waals surface area contributed by atoms with E-state index in [1.165, 1.54) is 6.07 Å². The molecule has 0 spiro atoms. The van der Waals surface area contributed by atoms with Crippen LogP contribution in [0.1, 0.15) is 38.7 Å². The van der Waals surface area contributed by atoms with Crippen molar-refractivity contribution >= 4 is 41.5 Å². The van der Waals surface area contributed by atoms with Crippen molar-refractivity contribution in [3.05, 3.63) is 34.6 Å². The van der Waals surface area contributed by atoms with Crippen LogP contribution in [0.5, 0.6) is 0 Å². The van der Waals surface area contributed by atoms with Gasteiger partial charge >= 0.3 is 0 Å². The smallest absolute Gasteiger partial charge is 0.191 e. The van der Waals surface area contributed by atoms with Gasteiger partial charge in [0.2, 0.25) is 0 Å². The van der Waals surface area contributed by atoms with E-state index >= 15 is 0 Å². The second-order valence-corrected chi connectivity index (χ2v) is 6.38. The highest BCUT2D eigenvalue weighted by Crippen LogP contribution is 2.44. The number of aliphatic imine (C=N–C) groups is 1. The monoisotopic (exact) mass is 439 g/mol. The third kappa shape index (κ3) is 4.72. The molecule has 1 aliphatic carbocycles. The average Bonchev–Trinajstić information content (AvgIpc) is 3.16. The quantitative estimate of drug-likeness (QED) is 0.420. The number of rotatable bonds is 4. The summed E-state index contributed by atoms with van der Waals surface area (Å²) in [6.45, 7) is 6.43. The van der Waals surface area contributed by atoms with Crippen molar-refractivity contribution in [3.8, 4) is 0 Å². The first-order chi connectivity index (χ1) is 9.93. The highest BCUT2D eigenvalue weighted by molar-refractivity contribution is 14.0. The van der Waals surface area contributed by atoms with E-state index < -0.39 is 0 Å². The summed E-state index contributed by atoms with van der Waals surface area (Å²) in [5.41, 5.74) is 0.615.